The second-order valence-corrected chi connectivity index (χ2v) is 3.66. The molecule has 1 aliphatic rings. The Bertz CT molecular complexity index is 154. The molecule has 0 aromatic heterocycles. The predicted molar refractivity (Wildman–Crippen MR) is 49.4 cm³/mol. The van der Waals surface area contributed by atoms with Gasteiger partial charge < -0.3 is 15.3 Å². The van der Waals surface area contributed by atoms with E-state index in [2.05, 4.69) is 6.92 Å². The van der Waals surface area contributed by atoms with Gasteiger partial charge in [-0.15, -0.1) is 0 Å². The van der Waals surface area contributed by atoms with Gasteiger partial charge in [0.15, 0.2) is 0 Å². The molecule has 0 spiro atoms. The molecule has 1 rings (SSSR count). The van der Waals surface area contributed by atoms with E-state index in [0.29, 0.717) is 6.54 Å². The Hall–Kier alpha value is -0.160. The maximum Gasteiger partial charge on any atom is 0.0988 e. The van der Waals surface area contributed by atoms with E-state index in [4.69, 9.17) is 5.11 Å². The molecule has 1 saturated heterocycles. The zero-order valence-corrected chi connectivity index (χ0v) is 8.06. The van der Waals surface area contributed by atoms with E-state index in [1.165, 1.54) is 0 Å². The van der Waals surface area contributed by atoms with Gasteiger partial charge in [-0.2, -0.15) is 0 Å². The quantitative estimate of drug-likeness (QED) is 0.541. The van der Waals surface area contributed by atoms with E-state index in [0.717, 1.165) is 19.4 Å². The number of unbranched alkanes of at least 4 members (excludes halogenated alkanes) is 1. The van der Waals surface area contributed by atoms with Gasteiger partial charge in [-0.3, -0.25) is 4.90 Å². The lowest BCUT2D eigenvalue weighted by atomic mass is 10.1. The molecule has 0 aromatic carbocycles. The van der Waals surface area contributed by atoms with Crippen molar-refractivity contribution in [2.45, 2.75) is 38.0 Å². The third kappa shape index (κ3) is 2.40. The van der Waals surface area contributed by atoms with Crippen LogP contribution in [-0.4, -0.2) is 58.2 Å². The lowest BCUT2D eigenvalue weighted by Gasteiger charge is -2.23. The number of nitrogens with zero attached hydrogens (tertiary/aromatic N) is 1. The molecule has 3 N–H and O–H groups in total. The van der Waals surface area contributed by atoms with Crippen LogP contribution in [0.1, 0.15) is 19.8 Å². The van der Waals surface area contributed by atoms with Crippen molar-refractivity contribution in [3.63, 3.8) is 0 Å². The molecule has 0 amide bonds. The molecule has 1 unspecified atom stereocenters. The first-order valence-electron chi connectivity index (χ1n) is 4.91. The van der Waals surface area contributed by atoms with Crippen LogP contribution in [0.3, 0.4) is 0 Å². The van der Waals surface area contributed by atoms with Crippen molar-refractivity contribution < 1.29 is 15.3 Å². The van der Waals surface area contributed by atoms with Crippen LogP contribution < -0.4 is 0 Å². The smallest absolute Gasteiger partial charge is 0.0988 e. The Morgan fingerprint density at radius 1 is 1.38 bits per heavy atom. The van der Waals surface area contributed by atoms with E-state index in [1.807, 2.05) is 4.90 Å². The molecule has 4 heteroatoms. The van der Waals surface area contributed by atoms with Gasteiger partial charge in [0.2, 0.25) is 0 Å². The summed E-state index contributed by atoms with van der Waals surface area (Å²) in [7, 11) is 0. The molecule has 0 saturated carbocycles. The van der Waals surface area contributed by atoms with Crippen molar-refractivity contribution in [2.75, 3.05) is 19.7 Å². The molecule has 1 heterocycles. The molecular weight excluding hydrogens is 170 g/mol. The van der Waals surface area contributed by atoms with E-state index >= 15 is 0 Å². The number of rotatable bonds is 4. The number of β-amino-alcohol motifs (C(OH)–C–C–N with tert-alkyl or cyclic N) is 1. The fourth-order valence-electron chi connectivity index (χ4n) is 1.80. The van der Waals surface area contributed by atoms with Crippen molar-refractivity contribution in [1.29, 1.82) is 0 Å². The van der Waals surface area contributed by atoms with Crippen molar-refractivity contribution >= 4 is 0 Å². The van der Waals surface area contributed by atoms with Crippen LogP contribution in [0.5, 0.6) is 0 Å². The topological polar surface area (TPSA) is 63.9 Å². The van der Waals surface area contributed by atoms with Gasteiger partial charge in [0.1, 0.15) is 0 Å². The molecule has 0 radical (unpaired) electrons. The lowest BCUT2D eigenvalue weighted by molar-refractivity contribution is 0.0216. The molecular formula is C9H19NO3. The normalized spacial score (nSPS) is 35.5. The Morgan fingerprint density at radius 3 is 2.62 bits per heavy atom. The van der Waals surface area contributed by atoms with Gasteiger partial charge >= 0.3 is 0 Å². The molecule has 3 atom stereocenters. The fourth-order valence-corrected chi connectivity index (χ4v) is 1.80. The third-order valence-electron chi connectivity index (χ3n) is 2.66. The predicted octanol–water partition coefficient (Wildman–Crippen LogP) is -0.815. The first-order chi connectivity index (χ1) is 6.20. The summed E-state index contributed by atoms with van der Waals surface area (Å²) in [6, 6.07) is -0.276. The standard InChI is InChI=1S/C9H19NO3/c1-2-3-4-10-5-8(12)9(13)7(10)6-11/h7-9,11-13H,2-6H2,1H3/t7-,8-,9?/m1/s1. The van der Waals surface area contributed by atoms with E-state index < -0.39 is 12.2 Å². The van der Waals surface area contributed by atoms with Crippen LogP contribution in [0, 0.1) is 0 Å². The summed E-state index contributed by atoms with van der Waals surface area (Å²) >= 11 is 0. The Kier molecular flexibility index (Phi) is 4.12. The zero-order valence-electron chi connectivity index (χ0n) is 8.06. The minimum absolute atomic E-state index is 0.0814. The van der Waals surface area contributed by atoms with Gasteiger partial charge in [-0.1, -0.05) is 13.3 Å². The first-order valence-corrected chi connectivity index (χ1v) is 4.91. The summed E-state index contributed by atoms with van der Waals surface area (Å²) in [5.41, 5.74) is 0. The van der Waals surface area contributed by atoms with Crippen LogP contribution in [-0.2, 0) is 0 Å². The molecule has 0 aromatic rings. The Balaban J connectivity index is 2.44. The molecule has 1 fully saturated rings. The van der Waals surface area contributed by atoms with Crippen LogP contribution in [0.2, 0.25) is 0 Å². The van der Waals surface area contributed by atoms with Crippen LogP contribution >= 0.6 is 0 Å². The number of aliphatic hydroxyl groups is 3. The highest BCUT2D eigenvalue weighted by molar-refractivity contribution is 4.92. The largest absolute Gasteiger partial charge is 0.395 e. The second-order valence-electron chi connectivity index (χ2n) is 3.66. The fraction of sp³-hybridized carbons (Fsp3) is 1.00. The van der Waals surface area contributed by atoms with Gasteiger partial charge in [0.25, 0.3) is 0 Å². The summed E-state index contributed by atoms with van der Waals surface area (Å²) in [4.78, 5) is 1.96. The number of hydrogen-bond acceptors (Lipinski definition) is 4. The van der Waals surface area contributed by atoms with Crippen LogP contribution in [0.15, 0.2) is 0 Å². The summed E-state index contributed by atoms with van der Waals surface area (Å²) in [6.45, 7) is 3.33. The number of aliphatic hydroxyl groups excluding tert-OH is 3. The maximum atomic E-state index is 9.48. The second kappa shape index (κ2) is 4.91. The molecule has 13 heavy (non-hydrogen) atoms. The number of hydrogen-bond donors (Lipinski definition) is 3. The third-order valence-corrected chi connectivity index (χ3v) is 2.66. The lowest BCUT2D eigenvalue weighted by Crippen LogP contribution is -2.39. The van der Waals surface area contributed by atoms with Crippen molar-refractivity contribution in [3.8, 4) is 0 Å². The average molecular weight is 189 g/mol. The minimum Gasteiger partial charge on any atom is -0.395 e. The number of likely N-dealkylation sites (tertiary alicyclic amines) is 1. The van der Waals surface area contributed by atoms with Gasteiger partial charge in [-0.25, -0.2) is 0 Å². The maximum absolute atomic E-state index is 9.48. The molecule has 0 aliphatic carbocycles. The van der Waals surface area contributed by atoms with Crippen molar-refractivity contribution in [3.05, 3.63) is 0 Å². The van der Waals surface area contributed by atoms with E-state index in [-0.39, 0.29) is 12.6 Å². The minimum atomic E-state index is -0.790. The summed E-state index contributed by atoms with van der Waals surface area (Å²) in [5.74, 6) is 0. The molecule has 78 valence electrons. The summed E-state index contributed by atoms with van der Waals surface area (Å²) in [5, 5.41) is 27.9. The Labute approximate surface area is 78.8 Å². The van der Waals surface area contributed by atoms with Gasteiger partial charge in [0.05, 0.1) is 24.9 Å². The van der Waals surface area contributed by atoms with Crippen molar-refractivity contribution in [1.82, 2.24) is 4.90 Å². The highest BCUT2D eigenvalue weighted by Gasteiger charge is 2.38. The Morgan fingerprint density at radius 2 is 2.08 bits per heavy atom. The highest BCUT2D eigenvalue weighted by Crippen LogP contribution is 2.18. The monoisotopic (exact) mass is 189 g/mol. The van der Waals surface area contributed by atoms with Gasteiger partial charge in [0, 0.05) is 6.54 Å². The summed E-state index contributed by atoms with van der Waals surface area (Å²) < 4.78 is 0. The van der Waals surface area contributed by atoms with Crippen LogP contribution in [0.4, 0.5) is 0 Å². The molecule has 1 aliphatic heterocycles. The SMILES string of the molecule is CCCCN1C[C@@H](O)C(O)[C@H]1CO. The van der Waals surface area contributed by atoms with Crippen LogP contribution in [0.25, 0.3) is 0 Å². The van der Waals surface area contributed by atoms with Crippen molar-refractivity contribution in [2.24, 2.45) is 0 Å². The van der Waals surface area contributed by atoms with Gasteiger partial charge in [-0.05, 0) is 13.0 Å². The molecule has 4 nitrogen and oxygen atoms in total. The first kappa shape index (κ1) is 10.9. The summed E-state index contributed by atoms with van der Waals surface area (Å²) in [6.07, 6.45) is 0.632. The zero-order chi connectivity index (χ0) is 9.84. The van der Waals surface area contributed by atoms with E-state index in [1.54, 1.807) is 0 Å². The highest BCUT2D eigenvalue weighted by atomic mass is 16.3. The average Bonchev–Trinajstić information content (AvgIpc) is 2.39. The van der Waals surface area contributed by atoms with E-state index in [9.17, 15) is 10.2 Å². The molecule has 0 bridgehead atoms.